The van der Waals surface area contributed by atoms with Crippen molar-refractivity contribution in [1.29, 1.82) is 0 Å². The summed E-state index contributed by atoms with van der Waals surface area (Å²) in [5.41, 5.74) is 7.72. The van der Waals surface area contributed by atoms with Crippen molar-refractivity contribution in [3.63, 3.8) is 0 Å². The molecule has 0 fully saturated rings. The molecule has 1 heterocycles. The van der Waals surface area contributed by atoms with Crippen molar-refractivity contribution in [2.24, 2.45) is 0 Å². The van der Waals surface area contributed by atoms with Crippen molar-refractivity contribution in [1.82, 2.24) is 10.3 Å². The van der Waals surface area contributed by atoms with E-state index in [1.54, 1.807) is 13.3 Å². The van der Waals surface area contributed by atoms with E-state index in [9.17, 15) is 0 Å². The predicted molar refractivity (Wildman–Crippen MR) is 61.7 cm³/mol. The van der Waals surface area contributed by atoms with Crippen molar-refractivity contribution in [2.45, 2.75) is 19.4 Å². The minimum atomic E-state index is 0.298. The maximum Gasteiger partial charge on any atom is 0.0619 e. The van der Waals surface area contributed by atoms with Crippen molar-refractivity contribution in [3.8, 4) is 0 Å². The molecule has 1 rings (SSSR count). The van der Waals surface area contributed by atoms with E-state index in [1.165, 1.54) is 0 Å². The van der Waals surface area contributed by atoms with Gasteiger partial charge in [0.15, 0.2) is 0 Å². The Morgan fingerprint density at radius 2 is 2.40 bits per heavy atom. The van der Waals surface area contributed by atoms with E-state index < -0.39 is 0 Å². The number of ether oxygens (including phenoxy) is 1. The molecule has 15 heavy (non-hydrogen) atoms. The van der Waals surface area contributed by atoms with Crippen molar-refractivity contribution < 1.29 is 4.74 Å². The van der Waals surface area contributed by atoms with E-state index in [-0.39, 0.29) is 0 Å². The second-order valence-electron chi connectivity index (χ2n) is 3.49. The summed E-state index contributed by atoms with van der Waals surface area (Å²) in [5, 5.41) is 3.35. The van der Waals surface area contributed by atoms with Crippen LogP contribution in [-0.2, 0) is 11.2 Å². The molecule has 0 amide bonds. The van der Waals surface area contributed by atoms with Crippen molar-refractivity contribution in [3.05, 3.63) is 24.0 Å². The first-order valence-electron chi connectivity index (χ1n) is 5.18. The number of anilines is 1. The van der Waals surface area contributed by atoms with Crippen LogP contribution in [0.15, 0.2) is 18.5 Å². The van der Waals surface area contributed by atoms with E-state index in [1.807, 2.05) is 12.3 Å². The van der Waals surface area contributed by atoms with Gasteiger partial charge in [-0.3, -0.25) is 4.98 Å². The minimum Gasteiger partial charge on any atom is -0.398 e. The minimum absolute atomic E-state index is 0.298. The highest BCUT2D eigenvalue weighted by Gasteiger charge is 2.09. The summed E-state index contributed by atoms with van der Waals surface area (Å²) in [5.74, 6) is 0. The van der Waals surface area contributed by atoms with Crippen LogP contribution in [0.1, 0.15) is 12.5 Å². The molecule has 1 aromatic heterocycles. The Balaban J connectivity index is 2.60. The zero-order valence-corrected chi connectivity index (χ0v) is 9.36. The quantitative estimate of drug-likeness (QED) is 0.728. The fourth-order valence-electron chi connectivity index (χ4n) is 1.55. The van der Waals surface area contributed by atoms with Crippen LogP contribution in [-0.4, -0.2) is 31.3 Å². The van der Waals surface area contributed by atoms with Crippen LogP contribution in [0.5, 0.6) is 0 Å². The van der Waals surface area contributed by atoms with E-state index in [0.717, 1.165) is 24.2 Å². The predicted octanol–water partition coefficient (Wildman–Crippen LogP) is 0.831. The molecule has 4 nitrogen and oxygen atoms in total. The Morgan fingerprint density at radius 3 is 3.00 bits per heavy atom. The summed E-state index contributed by atoms with van der Waals surface area (Å²) in [4.78, 5) is 4.07. The Hall–Kier alpha value is -1.13. The van der Waals surface area contributed by atoms with Crippen molar-refractivity contribution in [2.75, 3.05) is 26.0 Å². The van der Waals surface area contributed by atoms with Gasteiger partial charge in [0.25, 0.3) is 0 Å². The summed E-state index contributed by atoms with van der Waals surface area (Å²) < 4.78 is 5.14. The summed E-state index contributed by atoms with van der Waals surface area (Å²) in [6.45, 7) is 3.69. The summed E-state index contributed by atoms with van der Waals surface area (Å²) in [6, 6.07) is 2.12. The van der Waals surface area contributed by atoms with Gasteiger partial charge in [0.1, 0.15) is 0 Å². The molecule has 0 spiro atoms. The topological polar surface area (TPSA) is 60.2 Å². The highest BCUT2D eigenvalue weighted by atomic mass is 16.5. The smallest absolute Gasteiger partial charge is 0.0619 e. The number of nitrogens with zero attached hydrogens (tertiary/aromatic N) is 1. The Kier molecular flexibility index (Phi) is 5.07. The van der Waals surface area contributed by atoms with Crippen LogP contribution in [0.4, 0.5) is 5.69 Å². The standard InChI is InChI=1S/C11H19N3O/c1-3-14-10(8-15-2)6-9-7-13-5-4-11(9)12/h4-5,7,10,14H,3,6,8H2,1-2H3,(H2,12,13). The molecule has 3 N–H and O–H groups in total. The van der Waals surface area contributed by atoms with Crippen LogP contribution in [0.2, 0.25) is 0 Å². The SMILES string of the molecule is CCNC(COC)Cc1cnccc1N. The molecule has 0 radical (unpaired) electrons. The van der Waals surface area contributed by atoms with E-state index in [2.05, 4.69) is 17.2 Å². The first kappa shape index (κ1) is 11.9. The number of aromatic nitrogens is 1. The third-order valence-electron chi connectivity index (χ3n) is 2.27. The van der Waals surface area contributed by atoms with Gasteiger partial charge in [0.2, 0.25) is 0 Å². The van der Waals surface area contributed by atoms with Crippen LogP contribution < -0.4 is 11.1 Å². The molecule has 84 valence electrons. The molecule has 1 aromatic rings. The number of pyridine rings is 1. The number of nitrogen functional groups attached to an aromatic ring is 1. The lowest BCUT2D eigenvalue weighted by atomic mass is 10.1. The molecule has 0 saturated heterocycles. The fourth-order valence-corrected chi connectivity index (χ4v) is 1.55. The van der Waals surface area contributed by atoms with Gasteiger partial charge in [0.05, 0.1) is 6.61 Å². The van der Waals surface area contributed by atoms with Gasteiger partial charge in [0, 0.05) is 31.2 Å². The number of likely N-dealkylation sites (N-methyl/N-ethyl adjacent to an activating group) is 1. The molecular formula is C11H19N3O. The van der Waals surface area contributed by atoms with Crippen LogP contribution in [0, 0.1) is 0 Å². The van der Waals surface area contributed by atoms with E-state index in [4.69, 9.17) is 10.5 Å². The summed E-state index contributed by atoms with van der Waals surface area (Å²) in [6.07, 6.45) is 4.37. The summed E-state index contributed by atoms with van der Waals surface area (Å²) in [7, 11) is 1.71. The van der Waals surface area contributed by atoms with Crippen LogP contribution in [0.3, 0.4) is 0 Å². The molecule has 4 heteroatoms. The molecule has 0 aliphatic heterocycles. The summed E-state index contributed by atoms with van der Waals surface area (Å²) >= 11 is 0. The third-order valence-corrected chi connectivity index (χ3v) is 2.27. The largest absolute Gasteiger partial charge is 0.398 e. The number of rotatable bonds is 6. The second kappa shape index (κ2) is 6.37. The Morgan fingerprint density at radius 1 is 1.60 bits per heavy atom. The zero-order valence-electron chi connectivity index (χ0n) is 9.36. The van der Waals surface area contributed by atoms with Gasteiger partial charge in [-0.2, -0.15) is 0 Å². The lowest BCUT2D eigenvalue weighted by molar-refractivity contribution is 0.167. The third kappa shape index (κ3) is 3.85. The molecule has 1 unspecified atom stereocenters. The van der Waals surface area contributed by atoms with Gasteiger partial charge >= 0.3 is 0 Å². The second-order valence-corrected chi connectivity index (χ2v) is 3.49. The average Bonchev–Trinajstić information content (AvgIpc) is 2.22. The Labute approximate surface area is 90.8 Å². The molecule has 0 bridgehead atoms. The number of hydrogen-bond acceptors (Lipinski definition) is 4. The lowest BCUT2D eigenvalue weighted by Crippen LogP contribution is -2.35. The molecule has 0 aliphatic rings. The first-order valence-corrected chi connectivity index (χ1v) is 5.18. The first-order chi connectivity index (χ1) is 7.27. The number of nitrogens with one attached hydrogen (secondary N) is 1. The fraction of sp³-hybridized carbons (Fsp3) is 0.545. The molecule has 0 aliphatic carbocycles. The van der Waals surface area contributed by atoms with Crippen LogP contribution >= 0.6 is 0 Å². The normalized spacial score (nSPS) is 12.7. The van der Waals surface area contributed by atoms with E-state index >= 15 is 0 Å². The maximum absolute atomic E-state index is 5.85. The lowest BCUT2D eigenvalue weighted by Gasteiger charge is -2.17. The number of hydrogen-bond donors (Lipinski definition) is 2. The highest BCUT2D eigenvalue weighted by molar-refractivity contribution is 5.44. The van der Waals surface area contributed by atoms with Gasteiger partial charge in [-0.05, 0) is 24.6 Å². The van der Waals surface area contributed by atoms with Gasteiger partial charge < -0.3 is 15.8 Å². The monoisotopic (exact) mass is 209 g/mol. The molecular weight excluding hydrogens is 190 g/mol. The van der Waals surface area contributed by atoms with E-state index in [0.29, 0.717) is 12.6 Å². The zero-order chi connectivity index (χ0) is 11.1. The van der Waals surface area contributed by atoms with Gasteiger partial charge in [-0.15, -0.1) is 0 Å². The molecule has 1 atom stereocenters. The average molecular weight is 209 g/mol. The van der Waals surface area contributed by atoms with Gasteiger partial charge in [-0.1, -0.05) is 6.92 Å². The number of methoxy groups -OCH3 is 1. The molecule has 0 aromatic carbocycles. The number of nitrogens with two attached hydrogens (primary N) is 1. The highest BCUT2D eigenvalue weighted by Crippen LogP contribution is 2.11. The van der Waals surface area contributed by atoms with Crippen LogP contribution in [0.25, 0.3) is 0 Å². The van der Waals surface area contributed by atoms with Crippen molar-refractivity contribution >= 4 is 5.69 Å². The van der Waals surface area contributed by atoms with Gasteiger partial charge in [-0.25, -0.2) is 0 Å². The Bertz CT molecular complexity index is 285. The maximum atomic E-state index is 5.85. The molecule has 0 saturated carbocycles.